The summed E-state index contributed by atoms with van der Waals surface area (Å²) in [6.45, 7) is -0.760. The van der Waals surface area contributed by atoms with Crippen molar-refractivity contribution in [3.05, 3.63) is 21.8 Å². The number of anilines is 1. The van der Waals surface area contributed by atoms with Gasteiger partial charge in [-0.15, -0.1) is 0 Å². The SMILES string of the molecule is C[C@@H](CC(=O)O)C(=O)Nc1c(I)c(C(=O)NC(CO)CO)c(I)c(C(=O)NC(CO)CO)c1I. The van der Waals surface area contributed by atoms with E-state index in [-0.39, 0.29) is 27.5 Å². The summed E-state index contributed by atoms with van der Waals surface area (Å²) in [5.41, 5.74) is 0.0436. The number of rotatable bonds is 12. The minimum atomic E-state index is -1.17. The number of nitrogens with one attached hydrogen (secondary N) is 3. The third-order valence-corrected chi connectivity index (χ3v) is 7.74. The Bertz CT molecular complexity index is 884. The van der Waals surface area contributed by atoms with Gasteiger partial charge in [-0.25, -0.2) is 0 Å². The van der Waals surface area contributed by atoms with Gasteiger partial charge in [0.05, 0.1) is 68.9 Å². The molecule has 1 atom stereocenters. The molecule has 0 spiro atoms. The van der Waals surface area contributed by atoms with Crippen molar-refractivity contribution in [2.24, 2.45) is 5.92 Å². The van der Waals surface area contributed by atoms with E-state index in [1.54, 1.807) is 67.8 Å². The molecule has 0 saturated carbocycles. The molecule has 1 aromatic carbocycles. The maximum Gasteiger partial charge on any atom is 0.304 e. The third-order valence-electron chi connectivity index (χ3n) is 4.50. The van der Waals surface area contributed by atoms with Crippen molar-refractivity contribution in [3.8, 4) is 0 Å². The lowest BCUT2D eigenvalue weighted by Gasteiger charge is -2.22. The Kier molecular flexibility index (Phi) is 13.4. The quantitative estimate of drug-likeness (QED) is 0.131. The fourth-order valence-electron chi connectivity index (χ4n) is 2.59. The van der Waals surface area contributed by atoms with Crippen LogP contribution in [-0.2, 0) is 9.59 Å². The molecule has 0 unspecified atom stereocenters. The molecule has 0 radical (unpaired) electrons. The van der Waals surface area contributed by atoms with E-state index in [1.165, 1.54) is 6.92 Å². The fraction of sp³-hybridized carbons (Fsp3) is 0.474. The van der Waals surface area contributed by atoms with Crippen molar-refractivity contribution in [3.63, 3.8) is 0 Å². The molecular weight excluding hydrogens is 795 g/mol. The van der Waals surface area contributed by atoms with E-state index >= 15 is 0 Å². The second-order valence-corrected chi connectivity index (χ2v) is 10.4. The van der Waals surface area contributed by atoms with Gasteiger partial charge in [-0.05, 0) is 67.8 Å². The molecule has 1 rings (SSSR count). The Hall–Kier alpha value is -0.870. The van der Waals surface area contributed by atoms with Crippen LogP contribution >= 0.6 is 67.8 Å². The first-order valence-electron chi connectivity index (χ1n) is 9.71. The monoisotopic (exact) mass is 819 g/mol. The molecule has 0 aliphatic rings. The molecule has 3 amide bonds. The van der Waals surface area contributed by atoms with E-state index in [9.17, 15) is 39.6 Å². The average Bonchev–Trinajstić information content (AvgIpc) is 2.77. The highest BCUT2D eigenvalue weighted by molar-refractivity contribution is 14.1. The van der Waals surface area contributed by atoms with Crippen LogP contribution in [0, 0.1) is 16.6 Å². The van der Waals surface area contributed by atoms with Crippen LogP contribution in [0.5, 0.6) is 0 Å². The Morgan fingerprint density at radius 2 is 1.15 bits per heavy atom. The highest BCUT2D eigenvalue weighted by atomic mass is 127. The Morgan fingerprint density at radius 1 is 0.765 bits per heavy atom. The molecule has 12 nitrogen and oxygen atoms in total. The van der Waals surface area contributed by atoms with Crippen LogP contribution in [0.3, 0.4) is 0 Å². The van der Waals surface area contributed by atoms with Gasteiger partial charge < -0.3 is 41.5 Å². The molecule has 0 aromatic heterocycles. The van der Waals surface area contributed by atoms with Crippen LogP contribution in [0.2, 0.25) is 0 Å². The number of hydrogen-bond donors (Lipinski definition) is 8. The second-order valence-electron chi connectivity index (χ2n) is 7.13. The number of amides is 3. The second kappa shape index (κ2) is 14.6. The maximum atomic E-state index is 13.0. The Morgan fingerprint density at radius 3 is 1.47 bits per heavy atom. The maximum absolute atomic E-state index is 13.0. The number of carboxylic acid groups (broad SMARTS) is 1. The van der Waals surface area contributed by atoms with Crippen LogP contribution in [0.15, 0.2) is 0 Å². The number of carbonyl (C=O) groups is 4. The fourth-order valence-corrected chi connectivity index (χ4v) is 7.00. The summed E-state index contributed by atoms with van der Waals surface area (Å²) in [5.74, 6) is -4.21. The van der Waals surface area contributed by atoms with E-state index in [0.29, 0.717) is 0 Å². The van der Waals surface area contributed by atoms with E-state index in [1.807, 2.05) is 0 Å². The van der Waals surface area contributed by atoms with E-state index in [2.05, 4.69) is 16.0 Å². The molecule has 0 aliphatic heterocycles. The lowest BCUT2D eigenvalue weighted by Crippen LogP contribution is -2.42. The van der Waals surface area contributed by atoms with Crippen molar-refractivity contribution in [2.75, 3.05) is 31.7 Å². The van der Waals surface area contributed by atoms with Gasteiger partial charge >= 0.3 is 5.97 Å². The summed E-state index contributed by atoms with van der Waals surface area (Å²) in [5, 5.41) is 53.7. The molecule has 1 aromatic rings. The number of carboxylic acids is 1. The highest BCUT2D eigenvalue weighted by Crippen LogP contribution is 2.36. The largest absolute Gasteiger partial charge is 0.481 e. The van der Waals surface area contributed by atoms with Crippen LogP contribution in [0.1, 0.15) is 34.1 Å². The van der Waals surface area contributed by atoms with Crippen molar-refractivity contribution in [1.29, 1.82) is 0 Å². The predicted molar refractivity (Wildman–Crippen MR) is 145 cm³/mol. The zero-order chi connectivity index (χ0) is 26.2. The van der Waals surface area contributed by atoms with Crippen molar-refractivity contribution >= 4 is 97.2 Å². The molecule has 0 saturated heterocycles. The van der Waals surface area contributed by atoms with E-state index < -0.39 is 74.5 Å². The first kappa shape index (κ1) is 31.2. The molecule has 15 heteroatoms. The van der Waals surface area contributed by atoms with E-state index in [4.69, 9.17) is 5.11 Å². The Labute approximate surface area is 235 Å². The molecule has 190 valence electrons. The van der Waals surface area contributed by atoms with Gasteiger partial charge in [-0.3, -0.25) is 19.2 Å². The van der Waals surface area contributed by atoms with Crippen molar-refractivity contribution < 1.29 is 44.7 Å². The van der Waals surface area contributed by atoms with Crippen LogP contribution < -0.4 is 16.0 Å². The number of aliphatic hydroxyl groups is 4. The molecule has 34 heavy (non-hydrogen) atoms. The van der Waals surface area contributed by atoms with Crippen LogP contribution in [0.4, 0.5) is 5.69 Å². The standard InChI is InChI=1S/C19H24I3N3O9/c1-7(2-10(30)31)17(32)25-16-14(21)11(18(33)23-8(3-26)4-27)13(20)12(15(16)22)19(34)24-9(5-28)6-29/h7-9,26-29H,2-6H2,1H3,(H,23,33)(H,24,34)(H,25,32)(H,30,31)/t7-/m0/s1. The lowest BCUT2D eigenvalue weighted by molar-refractivity contribution is -0.139. The lowest BCUT2D eigenvalue weighted by atomic mass is 10.0. The zero-order valence-corrected chi connectivity index (χ0v) is 24.2. The predicted octanol–water partition coefficient (Wildman–Crippen LogP) is -0.284. The van der Waals surface area contributed by atoms with Gasteiger partial charge in [-0.2, -0.15) is 0 Å². The summed E-state index contributed by atoms with van der Waals surface area (Å²) in [7, 11) is 0. The molecule has 8 N–H and O–H groups in total. The molecule has 0 heterocycles. The van der Waals surface area contributed by atoms with Gasteiger partial charge in [-0.1, -0.05) is 6.92 Å². The molecule has 0 bridgehead atoms. The average molecular weight is 819 g/mol. The molecular formula is C19H24I3N3O9. The van der Waals surface area contributed by atoms with Crippen molar-refractivity contribution in [2.45, 2.75) is 25.4 Å². The van der Waals surface area contributed by atoms with Gasteiger partial charge in [0.2, 0.25) is 5.91 Å². The summed E-state index contributed by atoms with van der Waals surface area (Å²) >= 11 is 5.38. The van der Waals surface area contributed by atoms with Crippen LogP contribution in [-0.4, -0.2) is 87.7 Å². The van der Waals surface area contributed by atoms with Gasteiger partial charge in [0.15, 0.2) is 0 Å². The Balaban J connectivity index is 3.65. The van der Waals surface area contributed by atoms with Gasteiger partial charge in [0.25, 0.3) is 11.8 Å². The first-order chi connectivity index (χ1) is 15.9. The highest BCUT2D eigenvalue weighted by Gasteiger charge is 2.30. The topological polar surface area (TPSA) is 206 Å². The van der Waals surface area contributed by atoms with Crippen molar-refractivity contribution in [1.82, 2.24) is 10.6 Å². The third kappa shape index (κ3) is 8.08. The summed E-state index contributed by atoms with van der Waals surface area (Å²) < 4.78 is 0.667. The molecule has 0 aliphatic carbocycles. The summed E-state index contributed by atoms with van der Waals surface area (Å²) in [6.07, 6.45) is -0.437. The zero-order valence-electron chi connectivity index (χ0n) is 17.8. The number of hydrogen-bond acceptors (Lipinski definition) is 8. The first-order valence-corrected chi connectivity index (χ1v) is 12.9. The minimum absolute atomic E-state index is 0.0237. The number of carbonyl (C=O) groups excluding carboxylic acids is 3. The number of benzene rings is 1. The normalized spacial score (nSPS) is 11.9. The smallest absolute Gasteiger partial charge is 0.304 e. The number of aliphatic carboxylic acids is 1. The number of halogens is 3. The van der Waals surface area contributed by atoms with Crippen LogP contribution in [0.25, 0.3) is 0 Å². The summed E-state index contributed by atoms with van der Waals surface area (Å²) in [6, 6.07) is -1.95. The van der Waals surface area contributed by atoms with Gasteiger partial charge in [0, 0.05) is 9.49 Å². The van der Waals surface area contributed by atoms with E-state index in [0.717, 1.165) is 0 Å². The number of aliphatic hydroxyl groups excluding tert-OH is 4. The molecule has 0 fully saturated rings. The minimum Gasteiger partial charge on any atom is -0.481 e. The van der Waals surface area contributed by atoms with Gasteiger partial charge in [0.1, 0.15) is 0 Å². The summed E-state index contributed by atoms with van der Waals surface area (Å²) in [4.78, 5) is 49.6.